The van der Waals surface area contributed by atoms with Crippen molar-refractivity contribution in [2.24, 2.45) is 5.73 Å². The number of aryl methyl sites for hydroxylation is 1. The van der Waals surface area contributed by atoms with E-state index in [4.69, 9.17) is 10.3 Å². The number of hydrogen-bond acceptors (Lipinski definition) is 5. The highest BCUT2D eigenvalue weighted by Crippen LogP contribution is 1.97. The van der Waals surface area contributed by atoms with Crippen molar-refractivity contribution in [2.45, 2.75) is 39.3 Å². The van der Waals surface area contributed by atoms with Crippen LogP contribution in [0.25, 0.3) is 0 Å². The Morgan fingerprint density at radius 1 is 1.67 bits per heavy atom. The van der Waals surface area contributed by atoms with Gasteiger partial charge in [-0.2, -0.15) is 4.98 Å². The molecular weight excluding hydrogens is 196 g/mol. The van der Waals surface area contributed by atoms with Crippen molar-refractivity contribution >= 4 is 5.91 Å². The number of hydrogen-bond donors (Lipinski definition) is 2. The monoisotopic (exact) mass is 212 g/mol. The smallest absolute Gasteiger partial charge is 0.246 e. The molecule has 84 valence electrons. The Kier molecular flexibility index (Phi) is 4.23. The van der Waals surface area contributed by atoms with Gasteiger partial charge in [0.1, 0.15) is 0 Å². The molecule has 0 aromatic carbocycles. The lowest BCUT2D eigenvalue weighted by Gasteiger charge is -2.09. The highest BCUT2D eigenvalue weighted by molar-refractivity contribution is 5.81. The summed E-state index contributed by atoms with van der Waals surface area (Å²) < 4.78 is 4.84. The van der Waals surface area contributed by atoms with Crippen molar-refractivity contribution in [3.05, 3.63) is 11.7 Å². The molecule has 3 N–H and O–H groups in total. The molecule has 15 heavy (non-hydrogen) atoms. The summed E-state index contributed by atoms with van der Waals surface area (Å²) in [6, 6.07) is -0.459. The molecule has 1 rings (SSSR count). The first-order valence-corrected chi connectivity index (χ1v) is 4.96. The Morgan fingerprint density at radius 3 is 2.93 bits per heavy atom. The number of aromatic nitrogens is 2. The average molecular weight is 212 g/mol. The van der Waals surface area contributed by atoms with Gasteiger partial charge in [0.15, 0.2) is 5.82 Å². The molecule has 6 heteroatoms. The Labute approximate surface area is 88.2 Å². The van der Waals surface area contributed by atoms with Gasteiger partial charge >= 0.3 is 0 Å². The lowest BCUT2D eigenvalue weighted by atomic mass is 10.2. The minimum atomic E-state index is -0.459. The lowest BCUT2D eigenvalue weighted by molar-refractivity contribution is -0.122. The molecule has 0 bridgehead atoms. The second-order valence-corrected chi connectivity index (χ2v) is 3.35. The van der Waals surface area contributed by atoms with Crippen LogP contribution >= 0.6 is 0 Å². The third-order valence-electron chi connectivity index (χ3n) is 1.92. The van der Waals surface area contributed by atoms with E-state index < -0.39 is 6.04 Å². The summed E-state index contributed by atoms with van der Waals surface area (Å²) in [5, 5.41) is 6.24. The summed E-state index contributed by atoms with van der Waals surface area (Å²) in [6.07, 6.45) is 1.56. The molecule has 0 saturated heterocycles. The quantitative estimate of drug-likeness (QED) is 0.723. The minimum Gasteiger partial charge on any atom is -0.346 e. The Bertz CT molecular complexity index is 324. The predicted octanol–water partition coefficient (Wildman–Crippen LogP) is 0.122. The summed E-state index contributed by atoms with van der Waals surface area (Å²) in [6.45, 7) is 3.93. The van der Waals surface area contributed by atoms with E-state index in [1.54, 1.807) is 6.92 Å². The molecule has 1 unspecified atom stereocenters. The molecule has 0 aliphatic heterocycles. The fourth-order valence-electron chi connectivity index (χ4n) is 1.15. The number of carbonyl (C=O) groups excluding carboxylic acids is 1. The Morgan fingerprint density at radius 2 is 2.40 bits per heavy atom. The van der Waals surface area contributed by atoms with Gasteiger partial charge in [0.25, 0.3) is 0 Å². The van der Waals surface area contributed by atoms with Crippen LogP contribution in [-0.2, 0) is 11.3 Å². The van der Waals surface area contributed by atoms with E-state index in [0.717, 1.165) is 6.42 Å². The molecule has 6 nitrogen and oxygen atoms in total. The van der Waals surface area contributed by atoms with Crippen LogP contribution in [0.5, 0.6) is 0 Å². The third-order valence-corrected chi connectivity index (χ3v) is 1.92. The van der Waals surface area contributed by atoms with Gasteiger partial charge in [0.2, 0.25) is 11.8 Å². The molecule has 1 atom stereocenters. The van der Waals surface area contributed by atoms with Gasteiger partial charge in [0, 0.05) is 0 Å². The zero-order valence-electron chi connectivity index (χ0n) is 8.99. The van der Waals surface area contributed by atoms with Gasteiger partial charge in [0.05, 0.1) is 12.6 Å². The summed E-state index contributed by atoms with van der Waals surface area (Å²) in [5.74, 6) is 0.759. The number of rotatable bonds is 5. The zero-order chi connectivity index (χ0) is 11.3. The Hall–Kier alpha value is -1.43. The first kappa shape index (κ1) is 11.6. The van der Waals surface area contributed by atoms with E-state index in [-0.39, 0.29) is 12.5 Å². The molecule has 1 aromatic heterocycles. The van der Waals surface area contributed by atoms with E-state index in [0.29, 0.717) is 18.1 Å². The molecule has 0 spiro atoms. The maximum absolute atomic E-state index is 11.4. The van der Waals surface area contributed by atoms with Gasteiger partial charge in [-0.1, -0.05) is 18.5 Å². The van der Waals surface area contributed by atoms with Crippen LogP contribution in [0.15, 0.2) is 4.52 Å². The van der Waals surface area contributed by atoms with Crippen LogP contribution in [-0.4, -0.2) is 22.1 Å². The number of carbonyl (C=O) groups is 1. The fraction of sp³-hybridized carbons (Fsp3) is 0.667. The van der Waals surface area contributed by atoms with Crippen LogP contribution in [0.2, 0.25) is 0 Å². The van der Waals surface area contributed by atoms with Crippen LogP contribution in [0.1, 0.15) is 31.5 Å². The molecule has 0 radical (unpaired) electrons. The van der Waals surface area contributed by atoms with Crippen molar-refractivity contribution in [1.82, 2.24) is 15.5 Å². The maximum atomic E-state index is 11.4. The van der Waals surface area contributed by atoms with E-state index in [1.807, 2.05) is 6.92 Å². The molecule has 1 amide bonds. The Balaban J connectivity index is 2.34. The van der Waals surface area contributed by atoms with Crippen LogP contribution < -0.4 is 11.1 Å². The van der Waals surface area contributed by atoms with Crippen LogP contribution in [0.3, 0.4) is 0 Å². The number of amides is 1. The first-order valence-electron chi connectivity index (χ1n) is 4.96. The minimum absolute atomic E-state index is 0.187. The van der Waals surface area contributed by atoms with Crippen molar-refractivity contribution in [3.63, 3.8) is 0 Å². The van der Waals surface area contributed by atoms with Crippen molar-refractivity contribution < 1.29 is 9.32 Å². The topological polar surface area (TPSA) is 94.0 Å². The molecule has 0 aliphatic rings. The normalized spacial score (nSPS) is 12.5. The third kappa shape index (κ3) is 3.67. The van der Waals surface area contributed by atoms with E-state index in [1.165, 1.54) is 0 Å². The number of nitrogens with two attached hydrogens (primary N) is 1. The second-order valence-electron chi connectivity index (χ2n) is 3.35. The molecule has 0 fully saturated rings. The first-order chi connectivity index (χ1) is 7.13. The summed E-state index contributed by atoms with van der Waals surface area (Å²) in [4.78, 5) is 15.3. The lowest BCUT2D eigenvalue weighted by Crippen LogP contribution is -2.40. The van der Waals surface area contributed by atoms with Crippen LogP contribution in [0.4, 0.5) is 0 Å². The SMILES string of the molecule is CCCC(N)C(=O)NCc1nc(C)no1. The van der Waals surface area contributed by atoms with Gasteiger partial charge in [-0.3, -0.25) is 4.79 Å². The summed E-state index contributed by atoms with van der Waals surface area (Å²) in [5.41, 5.74) is 5.62. The fourth-order valence-corrected chi connectivity index (χ4v) is 1.15. The largest absolute Gasteiger partial charge is 0.346 e. The molecule has 1 heterocycles. The van der Waals surface area contributed by atoms with Crippen molar-refractivity contribution in [1.29, 1.82) is 0 Å². The van der Waals surface area contributed by atoms with E-state index >= 15 is 0 Å². The van der Waals surface area contributed by atoms with Gasteiger partial charge < -0.3 is 15.6 Å². The highest BCUT2D eigenvalue weighted by Gasteiger charge is 2.12. The molecule has 0 saturated carbocycles. The van der Waals surface area contributed by atoms with E-state index in [9.17, 15) is 4.79 Å². The number of nitrogens with one attached hydrogen (secondary N) is 1. The van der Waals surface area contributed by atoms with Crippen LogP contribution in [0, 0.1) is 6.92 Å². The zero-order valence-corrected chi connectivity index (χ0v) is 8.99. The second kappa shape index (κ2) is 5.45. The summed E-state index contributed by atoms with van der Waals surface area (Å²) >= 11 is 0. The standard InChI is InChI=1S/C9H16N4O2/c1-3-4-7(10)9(14)11-5-8-12-6(2)13-15-8/h7H,3-5,10H2,1-2H3,(H,11,14). The maximum Gasteiger partial charge on any atom is 0.246 e. The van der Waals surface area contributed by atoms with Gasteiger partial charge in [-0.25, -0.2) is 0 Å². The van der Waals surface area contributed by atoms with Gasteiger partial charge in [-0.05, 0) is 13.3 Å². The average Bonchev–Trinajstić information content (AvgIpc) is 2.61. The molecule has 0 aliphatic carbocycles. The predicted molar refractivity (Wildman–Crippen MR) is 53.8 cm³/mol. The number of nitrogens with zero attached hydrogens (tertiary/aromatic N) is 2. The molecule has 1 aromatic rings. The van der Waals surface area contributed by atoms with Gasteiger partial charge in [-0.15, -0.1) is 0 Å². The highest BCUT2D eigenvalue weighted by atomic mass is 16.5. The molecular formula is C9H16N4O2. The summed E-state index contributed by atoms with van der Waals surface area (Å²) in [7, 11) is 0. The van der Waals surface area contributed by atoms with Crippen molar-refractivity contribution in [3.8, 4) is 0 Å². The van der Waals surface area contributed by atoms with Crippen molar-refractivity contribution in [2.75, 3.05) is 0 Å². The van der Waals surface area contributed by atoms with E-state index in [2.05, 4.69) is 15.5 Å².